The summed E-state index contributed by atoms with van der Waals surface area (Å²) in [4.78, 5) is 40.3. The summed E-state index contributed by atoms with van der Waals surface area (Å²) >= 11 is 0. The van der Waals surface area contributed by atoms with Crippen LogP contribution in [0.4, 0.5) is 13.2 Å². The highest BCUT2D eigenvalue weighted by Gasteiger charge is 2.44. The van der Waals surface area contributed by atoms with Gasteiger partial charge in [0.05, 0.1) is 25.0 Å². The van der Waals surface area contributed by atoms with Crippen molar-refractivity contribution in [3.63, 3.8) is 0 Å². The van der Waals surface area contributed by atoms with E-state index in [-0.39, 0.29) is 24.0 Å². The summed E-state index contributed by atoms with van der Waals surface area (Å²) in [7, 11) is 0. The van der Waals surface area contributed by atoms with Crippen molar-refractivity contribution in [3.05, 3.63) is 53.7 Å². The maximum atomic E-state index is 12.8. The number of likely N-dealkylation sites (tertiary alicyclic amines) is 1. The van der Waals surface area contributed by atoms with Gasteiger partial charge in [-0.25, -0.2) is 9.78 Å². The zero-order valence-corrected chi connectivity index (χ0v) is 18.2. The first kappa shape index (κ1) is 25.2. The Kier molecular flexibility index (Phi) is 7.92. The Morgan fingerprint density at radius 1 is 1.18 bits per heavy atom. The number of fused-ring (bicyclic) bond motifs is 1. The number of carbonyl (C=O) groups excluding carboxylic acids is 2. The standard InChI is InChI=1S/C20H23N3O4.C2HF3O2/c1-13-4-2-6-15(22-13)20(25)23-10-9-17-16(23)7-8-18(27-17)19(24)21-12-14-5-3-11-26-14;3-2(4,5)1(6)7/h2-6,11,16-18H,7-10,12H2,1H3,(H,21,24);(H,6,7)/t16-,17-,18-;/m1./s1. The third kappa shape index (κ3) is 6.34. The molecule has 184 valence electrons. The number of rotatable bonds is 4. The number of ether oxygens (including phenoxy) is 1. The predicted octanol–water partition coefficient (Wildman–Crippen LogP) is 2.69. The monoisotopic (exact) mass is 483 g/mol. The fourth-order valence-corrected chi connectivity index (χ4v) is 3.88. The Labute approximate surface area is 192 Å². The number of pyridine rings is 1. The van der Waals surface area contributed by atoms with E-state index >= 15 is 0 Å². The zero-order valence-electron chi connectivity index (χ0n) is 18.2. The Morgan fingerprint density at radius 2 is 1.91 bits per heavy atom. The van der Waals surface area contributed by atoms with E-state index in [1.165, 1.54) is 0 Å². The number of nitrogens with zero attached hydrogens (tertiary/aromatic N) is 2. The highest BCUT2D eigenvalue weighted by atomic mass is 19.4. The topological polar surface area (TPSA) is 122 Å². The number of halogens is 3. The van der Waals surface area contributed by atoms with Crippen LogP contribution in [0.25, 0.3) is 0 Å². The highest BCUT2D eigenvalue weighted by Crippen LogP contribution is 2.32. The van der Waals surface area contributed by atoms with Crippen LogP contribution in [0.3, 0.4) is 0 Å². The average Bonchev–Trinajstić information content (AvgIpc) is 3.46. The van der Waals surface area contributed by atoms with Crippen LogP contribution in [-0.2, 0) is 20.9 Å². The number of nitrogens with one attached hydrogen (secondary N) is 1. The van der Waals surface area contributed by atoms with Gasteiger partial charge in [-0.2, -0.15) is 13.2 Å². The van der Waals surface area contributed by atoms with E-state index in [1.54, 1.807) is 18.4 Å². The van der Waals surface area contributed by atoms with Crippen LogP contribution in [-0.4, -0.2) is 63.7 Å². The number of alkyl halides is 3. The lowest BCUT2D eigenvalue weighted by Gasteiger charge is -2.35. The molecule has 2 aliphatic rings. The molecule has 34 heavy (non-hydrogen) atoms. The SMILES string of the molecule is Cc1cccc(C(=O)N2CC[C@H]3O[C@@H](C(=O)NCc4ccco4)CC[C@H]32)n1.O=C(O)C(F)(F)F. The van der Waals surface area contributed by atoms with E-state index < -0.39 is 18.2 Å². The van der Waals surface area contributed by atoms with Gasteiger partial charge < -0.3 is 24.5 Å². The largest absolute Gasteiger partial charge is 0.490 e. The molecular weight excluding hydrogens is 459 g/mol. The molecule has 0 aromatic carbocycles. The molecule has 9 nitrogen and oxygen atoms in total. The summed E-state index contributed by atoms with van der Waals surface area (Å²) in [5.74, 6) is -2.24. The average molecular weight is 483 g/mol. The molecule has 0 aliphatic carbocycles. The summed E-state index contributed by atoms with van der Waals surface area (Å²) in [6, 6.07) is 9.08. The van der Waals surface area contributed by atoms with Gasteiger partial charge in [0.25, 0.3) is 5.91 Å². The Morgan fingerprint density at radius 3 is 2.53 bits per heavy atom. The van der Waals surface area contributed by atoms with Gasteiger partial charge >= 0.3 is 12.1 Å². The van der Waals surface area contributed by atoms with Gasteiger partial charge in [0, 0.05) is 12.2 Å². The molecule has 2 aromatic heterocycles. The van der Waals surface area contributed by atoms with Crippen LogP contribution in [0.15, 0.2) is 41.0 Å². The normalized spacial score (nSPS) is 21.8. The van der Waals surface area contributed by atoms with Gasteiger partial charge in [0.2, 0.25) is 5.91 Å². The number of hydrogen-bond donors (Lipinski definition) is 2. The molecule has 2 fully saturated rings. The molecule has 3 atom stereocenters. The molecule has 12 heteroatoms. The molecule has 2 aromatic rings. The van der Waals surface area contributed by atoms with Crippen molar-refractivity contribution >= 4 is 17.8 Å². The first-order valence-electron chi connectivity index (χ1n) is 10.6. The van der Waals surface area contributed by atoms with Crippen molar-refractivity contribution in [1.29, 1.82) is 0 Å². The number of aryl methyl sites for hydroxylation is 1. The van der Waals surface area contributed by atoms with Crippen molar-refractivity contribution in [2.24, 2.45) is 0 Å². The molecule has 4 heterocycles. The fraction of sp³-hybridized carbons (Fsp3) is 0.455. The second-order valence-corrected chi connectivity index (χ2v) is 7.86. The van der Waals surface area contributed by atoms with Gasteiger partial charge in [-0.1, -0.05) is 6.07 Å². The first-order chi connectivity index (χ1) is 16.1. The van der Waals surface area contributed by atoms with Gasteiger partial charge in [-0.3, -0.25) is 9.59 Å². The quantitative estimate of drug-likeness (QED) is 0.686. The zero-order chi connectivity index (χ0) is 24.9. The Hall–Kier alpha value is -3.41. The van der Waals surface area contributed by atoms with E-state index in [9.17, 15) is 22.8 Å². The Balaban J connectivity index is 0.000000406. The lowest BCUT2D eigenvalue weighted by Crippen LogP contribution is -2.49. The smallest absolute Gasteiger partial charge is 0.475 e. The van der Waals surface area contributed by atoms with Crippen molar-refractivity contribution in [2.45, 2.75) is 57.2 Å². The number of hydrogen-bond acceptors (Lipinski definition) is 6. The van der Waals surface area contributed by atoms with Crippen molar-refractivity contribution in [1.82, 2.24) is 15.2 Å². The number of aliphatic carboxylic acids is 1. The molecule has 2 N–H and O–H groups in total. The lowest BCUT2D eigenvalue weighted by molar-refractivity contribution is -0.192. The molecule has 0 saturated carbocycles. The summed E-state index contributed by atoms with van der Waals surface area (Å²) in [6.45, 7) is 2.85. The van der Waals surface area contributed by atoms with E-state index in [0.717, 1.165) is 18.5 Å². The van der Waals surface area contributed by atoms with E-state index in [2.05, 4.69) is 10.3 Å². The van der Waals surface area contributed by atoms with E-state index in [0.29, 0.717) is 31.0 Å². The maximum Gasteiger partial charge on any atom is 0.490 e. The first-order valence-corrected chi connectivity index (χ1v) is 10.6. The molecule has 0 spiro atoms. The number of amides is 2. The number of carboxylic acid groups (broad SMARTS) is 1. The van der Waals surface area contributed by atoms with Crippen LogP contribution >= 0.6 is 0 Å². The molecule has 2 saturated heterocycles. The summed E-state index contributed by atoms with van der Waals surface area (Å²) in [5, 5.41) is 9.98. The fourth-order valence-electron chi connectivity index (χ4n) is 3.88. The van der Waals surface area contributed by atoms with Crippen LogP contribution in [0.1, 0.15) is 41.2 Å². The number of aromatic nitrogens is 1. The van der Waals surface area contributed by atoms with Gasteiger partial charge in [0.1, 0.15) is 17.6 Å². The number of carboxylic acids is 1. The summed E-state index contributed by atoms with van der Waals surface area (Å²) in [5.41, 5.74) is 1.29. The van der Waals surface area contributed by atoms with Crippen LogP contribution < -0.4 is 5.32 Å². The lowest BCUT2D eigenvalue weighted by atomic mass is 9.98. The molecule has 2 aliphatic heterocycles. The maximum absolute atomic E-state index is 12.8. The minimum absolute atomic E-state index is 0.00827. The van der Waals surface area contributed by atoms with Gasteiger partial charge in [-0.05, 0) is 50.5 Å². The minimum Gasteiger partial charge on any atom is -0.475 e. The second kappa shape index (κ2) is 10.7. The molecule has 0 bridgehead atoms. The Bertz CT molecular complexity index is 1010. The molecule has 0 unspecified atom stereocenters. The van der Waals surface area contributed by atoms with Crippen LogP contribution in [0.5, 0.6) is 0 Å². The second-order valence-electron chi connectivity index (χ2n) is 7.86. The summed E-state index contributed by atoms with van der Waals surface area (Å²) < 4.78 is 43.0. The number of carbonyl (C=O) groups is 3. The highest BCUT2D eigenvalue weighted by molar-refractivity contribution is 5.93. The molecule has 0 radical (unpaired) electrons. The van der Waals surface area contributed by atoms with E-state index in [1.807, 2.05) is 30.0 Å². The predicted molar refractivity (Wildman–Crippen MR) is 111 cm³/mol. The van der Waals surface area contributed by atoms with Crippen LogP contribution in [0, 0.1) is 6.92 Å². The molecule has 2 amide bonds. The van der Waals surface area contributed by atoms with Gasteiger partial charge in [0.15, 0.2) is 0 Å². The molecule has 4 rings (SSSR count). The minimum atomic E-state index is -5.08. The van der Waals surface area contributed by atoms with Gasteiger partial charge in [-0.15, -0.1) is 0 Å². The van der Waals surface area contributed by atoms with Crippen LogP contribution in [0.2, 0.25) is 0 Å². The summed E-state index contributed by atoms with van der Waals surface area (Å²) in [6.07, 6.45) is -2.00. The van der Waals surface area contributed by atoms with Crippen molar-refractivity contribution in [3.8, 4) is 0 Å². The van der Waals surface area contributed by atoms with Crippen molar-refractivity contribution < 1.29 is 41.8 Å². The number of furan rings is 1. The third-order valence-corrected chi connectivity index (χ3v) is 5.47. The van der Waals surface area contributed by atoms with Crippen molar-refractivity contribution in [2.75, 3.05) is 6.54 Å². The molecular formula is C22H24F3N3O6. The van der Waals surface area contributed by atoms with E-state index in [4.69, 9.17) is 19.1 Å². The third-order valence-electron chi connectivity index (χ3n) is 5.47.